The number of phenolic OH excluding ortho intramolecular Hbond substituents is 1. The van der Waals surface area contributed by atoms with Gasteiger partial charge in [0.2, 0.25) is 5.82 Å². The summed E-state index contributed by atoms with van der Waals surface area (Å²) in [5.41, 5.74) is 3.26. The summed E-state index contributed by atoms with van der Waals surface area (Å²) in [6.45, 7) is -0.588. The van der Waals surface area contributed by atoms with Crippen molar-refractivity contribution in [3.63, 3.8) is 0 Å². The number of nitrogen functional groups attached to an aromatic ring is 1. The van der Waals surface area contributed by atoms with Crippen LogP contribution in [0.2, 0.25) is 0 Å². The molecule has 0 saturated heterocycles. The van der Waals surface area contributed by atoms with Gasteiger partial charge in [-0.2, -0.15) is 22.3 Å². The fraction of sp³-hybridized carbons (Fsp3) is 0.0667. The number of anilines is 3. The number of rotatable bonds is 15. The van der Waals surface area contributed by atoms with E-state index in [2.05, 4.69) is 30.7 Å². The molecular weight excluding hydrogens is 972 g/mol. The Hall–Kier alpha value is -6.86. The first-order valence-electron chi connectivity index (χ1n) is 16.0. The van der Waals surface area contributed by atoms with E-state index in [1.54, 1.807) is 18.2 Å². The molecule has 0 unspecified atom stereocenters. The Balaban J connectivity index is 0.00000125. The van der Waals surface area contributed by atoms with Crippen LogP contribution in [0.15, 0.2) is 109 Å². The van der Waals surface area contributed by atoms with Crippen molar-refractivity contribution in [1.82, 2.24) is 0 Å². The van der Waals surface area contributed by atoms with Crippen molar-refractivity contribution in [2.24, 2.45) is 20.5 Å². The summed E-state index contributed by atoms with van der Waals surface area (Å²) >= 11 is 0.715. The fourth-order valence-corrected chi connectivity index (χ4v) is 6.03. The third-order valence-electron chi connectivity index (χ3n) is 7.21. The average molecular weight is 997 g/mol. The van der Waals surface area contributed by atoms with E-state index in [4.69, 9.17) is 49.0 Å². The normalized spacial score (nSPS) is 12.0. The van der Waals surface area contributed by atoms with Gasteiger partial charge >= 0.3 is 26.9 Å². The SMILES string of the molecule is Nc1c(N=Nc2ccc(SOOCCS(=O)(O)(O)O)cc2)ccc2ccc(N=Nc3cc(Nc4cc(F)c([N+](=O)[O-])cc4[N+](=O)[O-])ccc3S(=O)(=O)O)c(O)c12.O=S(=O)=O.O=S(=O)=O. The number of aromatic hydroxyl groups is 1. The van der Waals surface area contributed by atoms with Gasteiger partial charge < -0.3 is 16.2 Å². The number of azo groups is 2. The number of nitrogens with one attached hydrogen (secondary N) is 1. The molecule has 0 amide bonds. The highest BCUT2D eigenvalue weighted by atomic mass is 32.3. The van der Waals surface area contributed by atoms with E-state index in [9.17, 15) is 46.9 Å². The zero-order chi connectivity index (χ0) is 48.2. The Morgan fingerprint density at radius 2 is 1.34 bits per heavy atom. The number of halogens is 1. The van der Waals surface area contributed by atoms with E-state index in [0.717, 1.165) is 18.2 Å². The summed E-state index contributed by atoms with van der Waals surface area (Å²) in [5, 5.41) is 52.7. The topological polar surface area (TPSA) is 447 Å². The Bertz CT molecular complexity index is 3050. The van der Waals surface area contributed by atoms with E-state index < -0.39 is 103 Å². The third kappa shape index (κ3) is 16.1. The van der Waals surface area contributed by atoms with Crippen LogP contribution in [0.4, 0.5) is 55.6 Å². The lowest BCUT2D eigenvalue weighted by Crippen LogP contribution is -2.36. The molecule has 0 aliphatic carbocycles. The van der Waals surface area contributed by atoms with Crippen LogP contribution in [0.25, 0.3) is 10.8 Å². The molecule has 28 nitrogen and oxygen atoms in total. The molecule has 0 spiro atoms. The first-order valence-corrected chi connectivity index (χ1v) is 22.2. The number of nitro groups is 2. The summed E-state index contributed by atoms with van der Waals surface area (Å²) in [4.78, 5) is 24.8. The molecule has 342 valence electrons. The van der Waals surface area contributed by atoms with Crippen LogP contribution in [0, 0.1) is 26.0 Å². The minimum absolute atomic E-state index is 0.0415. The van der Waals surface area contributed by atoms with E-state index in [1.165, 1.54) is 30.3 Å². The predicted octanol–water partition coefficient (Wildman–Crippen LogP) is 6.09. The molecule has 0 aliphatic heterocycles. The van der Waals surface area contributed by atoms with Gasteiger partial charge in [-0.05, 0) is 60.0 Å². The fourth-order valence-electron chi connectivity index (χ4n) is 4.63. The van der Waals surface area contributed by atoms with Crippen molar-refractivity contribution >= 4 is 115 Å². The summed E-state index contributed by atoms with van der Waals surface area (Å²) in [7, 11) is -16.9. The molecule has 5 rings (SSSR count). The van der Waals surface area contributed by atoms with E-state index >= 15 is 0 Å². The van der Waals surface area contributed by atoms with Crippen molar-refractivity contribution in [1.29, 1.82) is 0 Å². The highest BCUT2D eigenvalue weighted by Gasteiger charge is 2.26. The quantitative estimate of drug-likeness (QED) is 0.00911. The van der Waals surface area contributed by atoms with Crippen LogP contribution in [-0.2, 0) is 50.5 Å². The van der Waals surface area contributed by atoms with Gasteiger partial charge in [-0.3, -0.25) is 38.4 Å². The maximum Gasteiger partial charge on any atom is 0.425 e. The molecule has 0 radical (unpaired) electrons. The van der Waals surface area contributed by atoms with Crippen LogP contribution >= 0.6 is 12.0 Å². The lowest BCUT2D eigenvalue weighted by atomic mass is 10.1. The van der Waals surface area contributed by atoms with E-state index in [-0.39, 0.29) is 28.1 Å². The number of nitro benzene ring substituents is 2. The molecule has 8 N–H and O–H groups in total. The summed E-state index contributed by atoms with van der Waals surface area (Å²) in [6.07, 6.45) is 0. The Morgan fingerprint density at radius 1 is 0.797 bits per heavy atom. The minimum atomic E-state index is -5.71. The largest absolute Gasteiger partial charge is 0.505 e. The lowest BCUT2D eigenvalue weighted by Gasteiger charge is -2.21. The molecule has 0 atom stereocenters. The Labute approximate surface area is 362 Å². The molecule has 5 aromatic rings. The van der Waals surface area contributed by atoms with Gasteiger partial charge in [0, 0.05) is 16.6 Å². The van der Waals surface area contributed by atoms with Gasteiger partial charge in [0.05, 0.1) is 57.1 Å². The monoisotopic (exact) mass is 996 g/mol. The van der Waals surface area contributed by atoms with Crippen LogP contribution in [0.5, 0.6) is 5.75 Å². The lowest BCUT2D eigenvalue weighted by molar-refractivity contribution is -0.395. The number of phenols is 1. The molecule has 0 saturated carbocycles. The second-order valence-electron chi connectivity index (χ2n) is 11.6. The number of benzene rings is 5. The van der Waals surface area contributed by atoms with Crippen molar-refractivity contribution in [2.45, 2.75) is 9.79 Å². The van der Waals surface area contributed by atoms with Gasteiger partial charge in [-0.15, -0.1) is 40.6 Å². The zero-order valence-electron chi connectivity index (χ0n) is 31.0. The summed E-state index contributed by atoms with van der Waals surface area (Å²) in [5.74, 6) is -2.90. The minimum Gasteiger partial charge on any atom is -0.505 e. The standard InChI is InChI=1S/C30H25FN8O14S3.2O3S/c31-20-14-23(26(39(43)44)15-25(20)38(41)42)33-18-5-10-27(55(45,46)47)24(13-18)37-36-22-9-2-16-1-8-21(29(32)28(16)30(22)40)35-34-17-3-6-19(7-4-17)54-53-52-11-12-56(48,49,50)51;2*1-4(2)3/h1-10,13-15,33,40H,11-12,32H2,(H,45,46,47)(H3,48,49,50,51);;. The number of nitrogens with zero attached hydrogens (tertiary/aromatic N) is 6. The number of hydrogen-bond acceptors (Lipinski definition) is 23. The molecule has 34 heteroatoms. The molecule has 0 aromatic heterocycles. The molecule has 64 heavy (non-hydrogen) atoms. The van der Waals surface area contributed by atoms with Crippen molar-refractivity contribution in [3.8, 4) is 5.75 Å². The van der Waals surface area contributed by atoms with Gasteiger partial charge in [0.15, 0.2) is 15.7 Å². The van der Waals surface area contributed by atoms with Gasteiger partial charge in [0.1, 0.15) is 27.6 Å². The second-order valence-corrected chi connectivity index (χ2v) is 16.9. The predicted molar refractivity (Wildman–Crippen MR) is 217 cm³/mol. The molecule has 0 heterocycles. The number of fused-ring (bicyclic) bond motifs is 1. The van der Waals surface area contributed by atoms with Crippen LogP contribution in [0.3, 0.4) is 0 Å². The maximum absolute atomic E-state index is 14.4. The average Bonchev–Trinajstić information content (AvgIpc) is 3.16. The highest BCUT2D eigenvalue weighted by Crippen LogP contribution is 2.43. The van der Waals surface area contributed by atoms with Crippen LogP contribution < -0.4 is 11.1 Å². The maximum atomic E-state index is 14.4. The third-order valence-corrected chi connectivity index (χ3v) is 9.62. The zero-order valence-corrected chi connectivity index (χ0v) is 35.0. The second kappa shape index (κ2) is 21.5. The van der Waals surface area contributed by atoms with Crippen LogP contribution in [0.1, 0.15) is 0 Å². The van der Waals surface area contributed by atoms with E-state index in [0.29, 0.717) is 40.1 Å². The van der Waals surface area contributed by atoms with Crippen molar-refractivity contribution in [2.75, 3.05) is 23.4 Å². The van der Waals surface area contributed by atoms with Crippen molar-refractivity contribution in [3.05, 3.63) is 105 Å². The van der Waals surface area contributed by atoms with Gasteiger partial charge in [-0.25, -0.2) is 9.10 Å². The molecule has 0 bridgehead atoms. The Kier molecular flexibility index (Phi) is 17.3. The smallest absolute Gasteiger partial charge is 0.425 e. The van der Waals surface area contributed by atoms with Crippen molar-refractivity contribution < 1.29 is 84.7 Å². The van der Waals surface area contributed by atoms with Crippen LogP contribution in [-0.4, -0.2) is 83.4 Å². The first-order chi connectivity index (χ1) is 29.6. The Morgan fingerprint density at radius 3 is 1.89 bits per heavy atom. The molecule has 0 fully saturated rings. The summed E-state index contributed by atoms with van der Waals surface area (Å²) < 4.78 is 141. The highest BCUT2D eigenvalue weighted by molar-refractivity contribution is 8.05. The van der Waals surface area contributed by atoms with E-state index in [1.807, 2.05) is 0 Å². The molecular formula is C30H25FN8O20S5. The number of nitrogens with two attached hydrogens (primary N) is 1. The van der Waals surface area contributed by atoms with Gasteiger partial charge in [-0.1, -0.05) is 12.1 Å². The first kappa shape index (κ1) is 51.5. The molecule has 0 aliphatic rings. The number of hydrogen-bond donors (Lipinski definition) is 7. The van der Waals surface area contributed by atoms with Gasteiger partial charge in [0.25, 0.3) is 15.8 Å². The molecule has 5 aromatic carbocycles. The summed E-state index contributed by atoms with van der Waals surface area (Å²) in [6, 6.07) is 15.9.